The Morgan fingerprint density at radius 1 is 1.52 bits per heavy atom. The monoisotopic (exact) mass is 296 g/mol. The largest absolute Gasteiger partial charge is 0.388 e. The molecule has 118 valence electrons. The van der Waals surface area contributed by atoms with E-state index in [-0.39, 0.29) is 5.69 Å². The Morgan fingerprint density at radius 2 is 2.14 bits per heavy atom. The molecule has 0 spiro atoms. The highest BCUT2D eigenvalue weighted by molar-refractivity contribution is 5.59. The molecule has 0 atom stereocenters. The molecular weight excluding hydrogens is 272 g/mol. The van der Waals surface area contributed by atoms with E-state index in [4.69, 9.17) is 0 Å². The van der Waals surface area contributed by atoms with E-state index in [1.807, 2.05) is 0 Å². The summed E-state index contributed by atoms with van der Waals surface area (Å²) in [6, 6.07) is 0. The van der Waals surface area contributed by atoms with E-state index in [1.54, 1.807) is 14.0 Å². The van der Waals surface area contributed by atoms with Gasteiger partial charge in [-0.2, -0.15) is 5.10 Å². The van der Waals surface area contributed by atoms with Crippen LogP contribution in [0, 0.1) is 23.0 Å². The molecule has 1 saturated carbocycles. The summed E-state index contributed by atoms with van der Waals surface area (Å²) in [5.41, 5.74) is -0.410. The number of anilines is 1. The highest BCUT2D eigenvalue weighted by Crippen LogP contribution is 2.35. The van der Waals surface area contributed by atoms with Gasteiger partial charge >= 0.3 is 5.69 Å². The highest BCUT2D eigenvalue weighted by Gasteiger charge is 2.34. The van der Waals surface area contributed by atoms with Gasteiger partial charge < -0.3 is 10.4 Å². The Hall–Kier alpha value is -1.63. The van der Waals surface area contributed by atoms with Crippen molar-refractivity contribution in [3.05, 3.63) is 15.8 Å². The van der Waals surface area contributed by atoms with Gasteiger partial charge in [-0.25, -0.2) is 4.68 Å². The first-order valence-corrected chi connectivity index (χ1v) is 7.50. The van der Waals surface area contributed by atoms with Crippen LogP contribution in [0.25, 0.3) is 0 Å². The highest BCUT2D eigenvalue weighted by atomic mass is 16.6. The van der Waals surface area contributed by atoms with E-state index in [1.165, 1.54) is 4.68 Å². The van der Waals surface area contributed by atoms with Gasteiger partial charge in [0.05, 0.1) is 10.5 Å². The lowest BCUT2D eigenvalue weighted by molar-refractivity contribution is -0.384. The van der Waals surface area contributed by atoms with Crippen molar-refractivity contribution < 1.29 is 10.0 Å². The lowest BCUT2D eigenvalue weighted by Crippen LogP contribution is -2.40. The van der Waals surface area contributed by atoms with Gasteiger partial charge in [0.1, 0.15) is 5.69 Å². The molecule has 1 aliphatic carbocycles. The molecule has 2 N–H and O–H groups in total. The van der Waals surface area contributed by atoms with Crippen LogP contribution >= 0.6 is 0 Å². The van der Waals surface area contributed by atoms with Crippen molar-refractivity contribution in [2.75, 3.05) is 11.9 Å². The molecule has 0 saturated heterocycles. The number of aryl methyl sites for hydroxylation is 2. The van der Waals surface area contributed by atoms with Gasteiger partial charge in [-0.15, -0.1) is 0 Å². The average Bonchev–Trinajstić information content (AvgIpc) is 2.72. The summed E-state index contributed by atoms with van der Waals surface area (Å²) >= 11 is 0. The third-order valence-corrected chi connectivity index (χ3v) is 4.57. The van der Waals surface area contributed by atoms with E-state index in [9.17, 15) is 15.2 Å². The van der Waals surface area contributed by atoms with Crippen molar-refractivity contribution in [3.8, 4) is 0 Å². The van der Waals surface area contributed by atoms with Crippen molar-refractivity contribution in [3.63, 3.8) is 0 Å². The van der Waals surface area contributed by atoms with Gasteiger partial charge in [-0.3, -0.25) is 10.1 Å². The maximum Gasteiger partial charge on any atom is 0.333 e. The molecule has 1 fully saturated rings. The maximum atomic E-state index is 11.1. The second kappa shape index (κ2) is 6.01. The van der Waals surface area contributed by atoms with Gasteiger partial charge in [0.15, 0.2) is 0 Å². The summed E-state index contributed by atoms with van der Waals surface area (Å²) in [4.78, 5) is 10.7. The van der Waals surface area contributed by atoms with Gasteiger partial charge in [0, 0.05) is 13.6 Å². The number of nitrogens with zero attached hydrogens (tertiary/aromatic N) is 3. The predicted molar refractivity (Wildman–Crippen MR) is 80.3 cm³/mol. The number of nitro groups is 1. The second-order valence-electron chi connectivity index (χ2n) is 6.09. The number of aliphatic hydroxyl groups is 1. The fraction of sp³-hybridized carbons (Fsp3) is 0.786. The smallest absolute Gasteiger partial charge is 0.333 e. The minimum atomic E-state index is -0.780. The minimum Gasteiger partial charge on any atom is -0.388 e. The molecule has 0 aromatic carbocycles. The molecule has 0 unspecified atom stereocenters. The molecule has 0 amide bonds. The second-order valence-corrected chi connectivity index (χ2v) is 6.09. The lowest BCUT2D eigenvalue weighted by Gasteiger charge is -2.36. The first-order valence-electron chi connectivity index (χ1n) is 7.50. The number of aromatic nitrogens is 2. The molecule has 1 heterocycles. The zero-order valence-corrected chi connectivity index (χ0v) is 12.9. The van der Waals surface area contributed by atoms with Crippen molar-refractivity contribution in [2.24, 2.45) is 13.0 Å². The molecule has 0 radical (unpaired) electrons. The van der Waals surface area contributed by atoms with Crippen molar-refractivity contribution in [2.45, 2.75) is 51.6 Å². The number of hydrogen-bond donors (Lipinski definition) is 2. The number of hydrogen-bond acceptors (Lipinski definition) is 5. The lowest BCUT2D eigenvalue weighted by atomic mass is 9.78. The van der Waals surface area contributed by atoms with Crippen molar-refractivity contribution in [1.82, 2.24) is 9.78 Å². The summed E-state index contributed by atoms with van der Waals surface area (Å²) in [6.07, 6.45) is 4.66. The first kappa shape index (κ1) is 15.8. The molecule has 1 aromatic heterocycles. The Morgan fingerprint density at radius 3 is 2.67 bits per heavy atom. The maximum absolute atomic E-state index is 11.1. The van der Waals surface area contributed by atoms with Crippen LogP contribution in [0.2, 0.25) is 0 Å². The standard InChI is InChI=1S/C14H24N4O3/c1-4-11-5-7-14(19,8-6-11)9-15-13-12(18(20)21)10(2)16-17(13)3/h11,15,19H,4-9H2,1-3H3. The Balaban J connectivity index is 2.05. The molecule has 1 aliphatic rings. The zero-order valence-electron chi connectivity index (χ0n) is 12.9. The Kier molecular flexibility index (Phi) is 4.51. The topological polar surface area (TPSA) is 93.2 Å². The summed E-state index contributed by atoms with van der Waals surface area (Å²) in [6.45, 7) is 4.11. The fourth-order valence-electron chi connectivity index (χ4n) is 3.11. The van der Waals surface area contributed by atoms with E-state index < -0.39 is 10.5 Å². The molecule has 7 nitrogen and oxygen atoms in total. The Labute approximate surface area is 124 Å². The fourth-order valence-corrected chi connectivity index (χ4v) is 3.11. The van der Waals surface area contributed by atoms with Gasteiger partial charge in [-0.05, 0) is 38.5 Å². The molecule has 1 aromatic rings. The van der Waals surface area contributed by atoms with Crippen LogP contribution in [0.4, 0.5) is 11.5 Å². The Bertz CT molecular complexity index is 519. The van der Waals surface area contributed by atoms with Crippen molar-refractivity contribution >= 4 is 11.5 Å². The first-order chi connectivity index (χ1) is 9.86. The minimum absolute atomic E-state index is 0.0108. The quantitative estimate of drug-likeness (QED) is 0.642. The van der Waals surface area contributed by atoms with Crippen LogP contribution < -0.4 is 5.32 Å². The van der Waals surface area contributed by atoms with E-state index in [2.05, 4.69) is 17.3 Å². The van der Waals surface area contributed by atoms with Gasteiger partial charge in [0.2, 0.25) is 5.82 Å². The van der Waals surface area contributed by atoms with Crippen molar-refractivity contribution in [1.29, 1.82) is 0 Å². The molecule has 0 aliphatic heterocycles. The zero-order chi connectivity index (χ0) is 15.6. The normalized spacial score (nSPS) is 25.8. The van der Waals surface area contributed by atoms with Gasteiger partial charge in [-0.1, -0.05) is 13.3 Å². The molecule has 7 heteroatoms. The summed E-state index contributed by atoms with van der Waals surface area (Å²) < 4.78 is 1.47. The average molecular weight is 296 g/mol. The van der Waals surface area contributed by atoms with Crippen LogP contribution in [0.3, 0.4) is 0 Å². The van der Waals surface area contributed by atoms with Gasteiger partial charge in [0.25, 0.3) is 0 Å². The van der Waals surface area contributed by atoms with E-state index >= 15 is 0 Å². The molecule has 21 heavy (non-hydrogen) atoms. The molecular formula is C14H24N4O3. The number of rotatable bonds is 5. The summed E-state index contributed by atoms with van der Waals surface area (Å²) in [5.74, 6) is 1.06. The predicted octanol–water partition coefficient (Wildman–Crippen LogP) is 2.38. The SMILES string of the molecule is CCC1CCC(O)(CNc2c([N+](=O)[O-])c(C)nn2C)CC1. The number of nitrogens with one attached hydrogen (secondary N) is 1. The van der Waals surface area contributed by atoms with E-state index in [0.29, 0.717) is 24.0 Å². The third kappa shape index (κ3) is 3.34. The van der Waals surface area contributed by atoms with E-state index in [0.717, 1.165) is 32.1 Å². The van der Waals surface area contributed by atoms with Crippen LogP contribution in [0.1, 0.15) is 44.7 Å². The van der Waals surface area contributed by atoms with Crippen LogP contribution in [0.5, 0.6) is 0 Å². The third-order valence-electron chi connectivity index (χ3n) is 4.57. The van der Waals surface area contributed by atoms with Crippen LogP contribution in [-0.4, -0.2) is 32.0 Å². The molecule has 2 rings (SSSR count). The van der Waals surface area contributed by atoms with Crippen LogP contribution in [-0.2, 0) is 7.05 Å². The summed E-state index contributed by atoms with van der Waals surface area (Å²) in [5, 5.41) is 28.8. The summed E-state index contributed by atoms with van der Waals surface area (Å²) in [7, 11) is 1.67. The van der Waals surface area contributed by atoms with Crippen LogP contribution in [0.15, 0.2) is 0 Å². The molecule has 0 bridgehead atoms.